The van der Waals surface area contributed by atoms with Gasteiger partial charge in [-0.25, -0.2) is 4.98 Å². The average molecular weight is 300 g/mol. The lowest BCUT2D eigenvalue weighted by Crippen LogP contribution is -2.36. The van der Waals surface area contributed by atoms with E-state index >= 15 is 0 Å². The summed E-state index contributed by atoms with van der Waals surface area (Å²) in [6.45, 7) is 9.29. The highest BCUT2D eigenvalue weighted by molar-refractivity contribution is 7.99. The second-order valence-corrected chi connectivity index (χ2v) is 7.43. The number of hydrogen-bond donors (Lipinski definition) is 1. The van der Waals surface area contributed by atoms with E-state index in [1.807, 2.05) is 23.9 Å². The van der Waals surface area contributed by atoms with Crippen molar-refractivity contribution in [1.82, 2.24) is 10.3 Å². The molecule has 0 bridgehead atoms. The number of hydrogen-bond acceptors (Lipinski definition) is 4. The highest BCUT2D eigenvalue weighted by atomic mass is 35.5. The fourth-order valence-electron chi connectivity index (χ4n) is 1.91. The van der Waals surface area contributed by atoms with Crippen molar-refractivity contribution in [3.63, 3.8) is 0 Å². The zero-order valence-electron chi connectivity index (χ0n) is 11.9. The second-order valence-electron chi connectivity index (χ2n) is 5.80. The Hall–Kier alpha value is -0.450. The Bertz CT molecular complexity index is 425. The molecule has 19 heavy (non-hydrogen) atoms. The van der Waals surface area contributed by atoms with E-state index in [0.29, 0.717) is 6.54 Å². The molecule has 0 amide bonds. The topological polar surface area (TPSA) is 28.2 Å². The second kappa shape index (κ2) is 6.33. The van der Waals surface area contributed by atoms with Crippen LogP contribution in [0.3, 0.4) is 0 Å². The summed E-state index contributed by atoms with van der Waals surface area (Å²) in [6, 6.07) is 3.99. The number of rotatable bonds is 3. The normalized spacial score (nSPS) is 16.7. The third-order valence-electron chi connectivity index (χ3n) is 3.03. The van der Waals surface area contributed by atoms with Gasteiger partial charge in [-0.1, -0.05) is 11.6 Å². The molecule has 0 radical (unpaired) electrons. The summed E-state index contributed by atoms with van der Waals surface area (Å²) >= 11 is 8.25. The number of pyridine rings is 1. The molecule has 1 aliphatic rings. The molecule has 0 aromatic carbocycles. The molecule has 0 saturated carbocycles. The van der Waals surface area contributed by atoms with Crippen LogP contribution in [0.25, 0.3) is 0 Å². The van der Waals surface area contributed by atoms with Crippen LogP contribution in [0.2, 0.25) is 5.02 Å². The maximum absolute atomic E-state index is 6.24. The first-order valence-corrected chi connectivity index (χ1v) is 8.22. The van der Waals surface area contributed by atoms with E-state index in [4.69, 9.17) is 16.6 Å². The molecule has 1 saturated heterocycles. The monoisotopic (exact) mass is 299 g/mol. The van der Waals surface area contributed by atoms with Gasteiger partial charge in [-0.2, -0.15) is 11.8 Å². The Labute approximate surface area is 125 Å². The van der Waals surface area contributed by atoms with Crippen LogP contribution in [-0.4, -0.2) is 35.1 Å². The van der Waals surface area contributed by atoms with Crippen molar-refractivity contribution in [2.45, 2.75) is 32.9 Å². The highest BCUT2D eigenvalue weighted by Crippen LogP contribution is 2.22. The molecule has 1 aromatic rings. The molecule has 1 N–H and O–H groups in total. The summed E-state index contributed by atoms with van der Waals surface area (Å²) < 4.78 is 0. The molecule has 0 aliphatic carbocycles. The summed E-state index contributed by atoms with van der Waals surface area (Å²) in [6.07, 6.45) is 0. The highest BCUT2D eigenvalue weighted by Gasteiger charge is 2.15. The predicted octanol–water partition coefficient (Wildman–Crippen LogP) is 3.18. The van der Waals surface area contributed by atoms with Crippen molar-refractivity contribution >= 4 is 29.2 Å². The van der Waals surface area contributed by atoms with Crippen molar-refractivity contribution in [2.75, 3.05) is 29.5 Å². The van der Waals surface area contributed by atoms with Crippen LogP contribution in [0.15, 0.2) is 12.1 Å². The van der Waals surface area contributed by atoms with Gasteiger partial charge in [0.2, 0.25) is 0 Å². The van der Waals surface area contributed by atoms with E-state index in [-0.39, 0.29) is 5.54 Å². The Kier molecular flexibility index (Phi) is 4.98. The number of halogens is 1. The van der Waals surface area contributed by atoms with Gasteiger partial charge in [-0.05, 0) is 32.9 Å². The number of thioether (sulfide) groups is 1. The van der Waals surface area contributed by atoms with Crippen molar-refractivity contribution in [3.8, 4) is 0 Å². The van der Waals surface area contributed by atoms with Crippen LogP contribution < -0.4 is 10.2 Å². The lowest BCUT2D eigenvalue weighted by Gasteiger charge is -2.28. The van der Waals surface area contributed by atoms with Gasteiger partial charge in [0, 0.05) is 36.7 Å². The molecule has 0 spiro atoms. The summed E-state index contributed by atoms with van der Waals surface area (Å²) in [5, 5.41) is 4.18. The van der Waals surface area contributed by atoms with Gasteiger partial charge in [-0.15, -0.1) is 0 Å². The van der Waals surface area contributed by atoms with E-state index in [1.165, 1.54) is 11.5 Å². The van der Waals surface area contributed by atoms with Crippen LogP contribution in [0, 0.1) is 0 Å². The minimum atomic E-state index is 0.0722. The first-order valence-electron chi connectivity index (χ1n) is 6.69. The summed E-state index contributed by atoms with van der Waals surface area (Å²) in [5.41, 5.74) is 1.01. The number of nitrogens with zero attached hydrogens (tertiary/aromatic N) is 2. The van der Waals surface area contributed by atoms with Gasteiger partial charge in [0.05, 0.1) is 10.7 Å². The van der Waals surface area contributed by atoms with Gasteiger partial charge in [0.1, 0.15) is 5.82 Å². The lowest BCUT2D eigenvalue weighted by molar-refractivity contribution is 0.421. The molecule has 0 unspecified atom stereocenters. The van der Waals surface area contributed by atoms with Crippen molar-refractivity contribution < 1.29 is 0 Å². The largest absolute Gasteiger partial charge is 0.355 e. The minimum Gasteiger partial charge on any atom is -0.355 e. The zero-order chi connectivity index (χ0) is 13.9. The molecule has 106 valence electrons. The van der Waals surface area contributed by atoms with Crippen molar-refractivity contribution in [1.29, 1.82) is 0 Å². The van der Waals surface area contributed by atoms with Gasteiger partial charge in [-0.3, -0.25) is 0 Å². The SMILES string of the molecule is CC(C)(C)NCc1nc(N2CCSCC2)ccc1Cl. The molecule has 2 heterocycles. The van der Waals surface area contributed by atoms with Crippen LogP contribution in [0.1, 0.15) is 26.5 Å². The molecule has 1 aromatic heterocycles. The maximum atomic E-state index is 6.24. The smallest absolute Gasteiger partial charge is 0.129 e. The molecule has 5 heteroatoms. The Morgan fingerprint density at radius 3 is 2.63 bits per heavy atom. The quantitative estimate of drug-likeness (QED) is 0.928. The zero-order valence-corrected chi connectivity index (χ0v) is 13.4. The summed E-state index contributed by atoms with van der Waals surface area (Å²) in [5.74, 6) is 3.41. The molecular weight excluding hydrogens is 278 g/mol. The molecule has 1 aliphatic heterocycles. The van der Waals surface area contributed by atoms with Crippen molar-refractivity contribution in [3.05, 3.63) is 22.8 Å². The standard InChI is InChI=1S/C14H22ClN3S/c1-14(2,3)16-10-12-11(15)4-5-13(17-12)18-6-8-19-9-7-18/h4-5,16H,6-10H2,1-3H3. The van der Waals surface area contributed by atoms with E-state index in [0.717, 1.165) is 29.6 Å². The minimum absolute atomic E-state index is 0.0722. The van der Waals surface area contributed by atoms with Gasteiger partial charge in [0.15, 0.2) is 0 Å². The average Bonchev–Trinajstić information content (AvgIpc) is 2.38. The van der Waals surface area contributed by atoms with Crippen molar-refractivity contribution in [2.24, 2.45) is 0 Å². The van der Waals surface area contributed by atoms with Crippen LogP contribution in [0.5, 0.6) is 0 Å². The third-order valence-corrected chi connectivity index (χ3v) is 4.31. The van der Waals surface area contributed by atoms with Gasteiger partial charge in [0.25, 0.3) is 0 Å². The molecule has 3 nitrogen and oxygen atoms in total. The predicted molar refractivity (Wildman–Crippen MR) is 85.4 cm³/mol. The lowest BCUT2D eigenvalue weighted by atomic mass is 10.1. The summed E-state index contributed by atoms with van der Waals surface area (Å²) in [4.78, 5) is 7.06. The number of nitrogens with one attached hydrogen (secondary N) is 1. The molecule has 0 atom stereocenters. The van der Waals surface area contributed by atoms with E-state index in [2.05, 4.69) is 31.0 Å². The van der Waals surface area contributed by atoms with Crippen LogP contribution >= 0.6 is 23.4 Å². The maximum Gasteiger partial charge on any atom is 0.129 e. The number of aromatic nitrogens is 1. The van der Waals surface area contributed by atoms with E-state index < -0.39 is 0 Å². The number of anilines is 1. The molecule has 2 rings (SSSR count). The Balaban J connectivity index is 2.10. The fourth-order valence-corrected chi connectivity index (χ4v) is 2.99. The summed E-state index contributed by atoms with van der Waals surface area (Å²) in [7, 11) is 0. The first kappa shape index (κ1) is 14.9. The fraction of sp³-hybridized carbons (Fsp3) is 0.643. The van der Waals surface area contributed by atoms with Crippen LogP contribution in [0.4, 0.5) is 5.82 Å². The Morgan fingerprint density at radius 1 is 1.32 bits per heavy atom. The molecular formula is C14H22ClN3S. The Morgan fingerprint density at radius 2 is 2.00 bits per heavy atom. The van der Waals surface area contributed by atoms with Gasteiger partial charge < -0.3 is 10.2 Å². The molecule has 1 fully saturated rings. The van der Waals surface area contributed by atoms with E-state index in [9.17, 15) is 0 Å². The third kappa shape index (κ3) is 4.55. The van der Waals surface area contributed by atoms with Crippen LogP contribution in [-0.2, 0) is 6.54 Å². The first-order chi connectivity index (χ1) is 8.96. The van der Waals surface area contributed by atoms with Gasteiger partial charge >= 0.3 is 0 Å². The van der Waals surface area contributed by atoms with E-state index in [1.54, 1.807) is 0 Å².